The molecule has 0 fully saturated rings. The van der Waals surface area contributed by atoms with Crippen LogP contribution in [0.2, 0.25) is 0 Å². The molecule has 0 spiro atoms. The van der Waals surface area contributed by atoms with Crippen LogP contribution in [0.25, 0.3) is 11.5 Å². The lowest BCUT2D eigenvalue weighted by Crippen LogP contribution is -2.22. The number of hydrogen-bond acceptors (Lipinski definition) is 6. The Bertz CT molecular complexity index is 962. The first kappa shape index (κ1) is 17.4. The molecule has 1 aromatic heterocycles. The number of rotatable bonds is 6. The van der Waals surface area contributed by atoms with Gasteiger partial charge < -0.3 is 13.9 Å². The summed E-state index contributed by atoms with van der Waals surface area (Å²) in [4.78, 5) is 23.7. The van der Waals surface area contributed by atoms with Gasteiger partial charge in [-0.1, -0.05) is 12.1 Å². The predicted octanol–water partition coefficient (Wildman–Crippen LogP) is 2.39. The minimum atomic E-state index is -0.803. The van der Waals surface area contributed by atoms with Gasteiger partial charge in [-0.25, -0.2) is 9.18 Å². The predicted molar refractivity (Wildman–Crippen MR) is 88.9 cm³/mol. The van der Waals surface area contributed by atoms with Gasteiger partial charge in [-0.05, 0) is 42.0 Å². The summed E-state index contributed by atoms with van der Waals surface area (Å²) < 4.78 is 29.0. The van der Waals surface area contributed by atoms with Crippen LogP contribution in [0, 0.1) is 5.82 Å². The van der Waals surface area contributed by atoms with Crippen LogP contribution in [-0.4, -0.2) is 22.9 Å². The van der Waals surface area contributed by atoms with Crippen molar-refractivity contribution in [3.05, 3.63) is 70.5 Å². The summed E-state index contributed by atoms with van der Waals surface area (Å²) in [6, 6.07) is 12.4. The lowest BCUT2D eigenvalue weighted by Gasteiger charge is -2.06. The molecule has 0 aliphatic rings. The summed E-state index contributed by atoms with van der Waals surface area (Å²) in [5.74, 6) is -1.22. The van der Waals surface area contributed by atoms with E-state index >= 15 is 0 Å². The summed E-state index contributed by atoms with van der Waals surface area (Å²) in [6.45, 7) is -0.360. The zero-order valence-corrected chi connectivity index (χ0v) is 13.8. The fourth-order valence-corrected chi connectivity index (χ4v) is 2.21. The number of methoxy groups -OCH3 is 1. The van der Waals surface area contributed by atoms with Crippen molar-refractivity contribution in [2.24, 2.45) is 0 Å². The SMILES string of the molecule is COc1cccc(COC(=O)Cn2nc(-c3ccc(F)cc3)oc2=O)c1. The fraction of sp³-hybridized carbons (Fsp3) is 0.167. The molecule has 0 radical (unpaired) electrons. The molecule has 0 unspecified atom stereocenters. The van der Waals surface area contributed by atoms with Crippen molar-refractivity contribution in [1.82, 2.24) is 9.78 Å². The van der Waals surface area contributed by atoms with E-state index in [9.17, 15) is 14.0 Å². The normalized spacial score (nSPS) is 10.5. The molecule has 2 aromatic carbocycles. The molecule has 7 nitrogen and oxygen atoms in total. The third-order valence-electron chi connectivity index (χ3n) is 3.51. The average Bonchev–Trinajstić information content (AvgIpc) is 3.01. The van der Waals surface area contributed by atoms with Gasteiger partial charge in [0.15, 0.2) is 0 Å². The molecule has 0 N–H and O–H groups in total. The van der Waals surface area contributed by atoms with Gasteiger partial charge in [0.05, 0.1) is 7.11 Å². The van der Waals surface area contributed by atoms with Gasteiger partial charge in [0.1, 0.15) is 24.7 Å². The molecule has 8 heteroatoms. The van der Waals surface area contributed by atoms with Crippen molar-refractivity contribution in [3.8, 4) is 17.2 Å². The van der Waals surface area contributed by atoms with Gasteiger partial charge in [0.2, 0.25) is 5.89 Å². The van der Waals surface area contributed by atoms with Gasteiger partial charge in [-0.15, -0.1) is 5.10 Å². The molecule has 26 heavy (non-hydrogen) atoms. The number of carbonyl (C=O) groups excluding carboxylic acids is 1. The second kappa shape index (κ2) is 7.64. The number of nitrogens with zero attached hydrogens (tertiary/aromatic N) is 2. The lowest BCUT2D eigenvalue weighted by molar-refractivity contribution is -0.146. The maximum atomic E-state index is 12.9. The van der Waals surface area contributed by atoms with Crippen LogP contribution < -0.4 is 10.5 Å². The number of esters is 1. The second-order valence-electron chi connectivity index (χ2n) is 5.35. The van der Waals surface area contributed by atoms with E-state index < -0.39 is 24.1 Å². The Labute approximate surface area is 147 Å². The van der Waals surface area contributed by atoms with E-state index in [1.54, 1.807) is 31.4 Å². The summed E-state index contributed by atoms with van der Waals surface area (Å²) in [7, 11) is 1.54. The first-order valence-electron chi connectivity index (χ1n) is 7.67. The van der Waals surface area contributed by atoms with E-state index in [0.29, 0.717) is 11.3 Å². The summed E-state index contributed by atoms with van der Waals surface area (Å²) in [5.41, 5.74) is 1.17. The quantitative estimate of drug-likeness (QED) is 0.629. The zero-order chi connectivity index (χ0) is 18.5. The standard InChI is InChI=1S/C18H15FN2O5/c1-24-15-4-2-3-12(9-15)11-25-16(22)10-21-18(23)26-17(20-21)13-5-7-14(19)8-6-13/h2-9H,10-11H2,1H3. The first-order valence-corrected chi connectivity index (χ1v) is 7.67. The molecule has 0 bridgehead atoms. The Balaban J connectivity index is 1.64. The number of hydrogen-bond donors (Lipinski definition) is 0. The van der Waals surface area contributed by atoms with Crippen LogP contribution in [0.15, 0.2) is 57.7 Å². The van der Waals surface area contributed by atoms with E-state index in [1.807, 2.05) is 0 Å². The highest BCUT2D eigenvalue weighted by molar-refractivity contribution is 5.69. The fourth-order valence-electron chi connectivity index (χ4n) is 2.21. The van der Waals surface area contributed by atoms with Crippen molar-refractivity contribution in [3.63, 3.8) is 0 Å². The van der Waals surface area contributed by atoms with Gasteiger partial charge in [0, 0.05) is 5.56 Å². The van der Waals surface area contributed by atoms with Gasteiger partial charge >= 0.3 is 11.7 Å². The number of halogens is 1. The van der Waals surface area contributed by atoms with Crippen LogP contribution in [0.5, 0.6) is 5.75 Å². The Morgan fingerprint density at radius 3 is 2.73 bits per heavy atom. The lowest BCUT2D eigenvalue weighted by atomic mass is 10.2. The highest BCUT2D eigenvalue weighted by Gasteiger charge is 2.14. The van der Waals surface area contributed by atoms with E-state index in [1.165, 1.54) is 24.3 Å². The highest BCUT2D eigenvalue weighted by Crippen LogP contribution is 2.16. The third-order valence-corrected chi connectivity index (χ3v) is 3.51. The number of aromatic nitrogens is 2. The third kappa shape index (κ3) is 4.15. The molecular weight excluding hydrogens is 343 g/mol. The van der Waals surface area contributed by atoms with Crippen LogP contribution in [0.3, 0.4) is 0 Å². The molecule has 0 saturated heterocycles. The first-order chi connectivity index (χ1) is 12.5. The maximum Gasteiger partial charge on any atom is 0.437 e. The van der Waals surface area contributed by atoms with Crippen molar-refractivity contribution in [1.29, 1.82) is 0 Å². The Kier molecular flexibility index (Phi) is 5.12. The van der Waals surface area contributed by atoms with Crippen LogP contribution in [-0.2, 0) is 22.7 Å². The van der Waals surface area contributed by atoms with Crippen molar-refractivity contribution >= 4 is 5.97 Å². The summed E-state index contributed by atoms with van der Waals surface area (Å²) in [5, 5.41) is 3.93. The Morgan fingerprint density at radius 1 is 1.23 bits per heavy atom. The van der Waals surface area contributed by atoms with E-state index in [-0.39, 0.29) is 12.5 Å². The van der Waals surface area contributed by atoms with Crippen molar-refractivity contribution in [2.45, 2.75) is 13.2 Å². The molecule has 0 aliphatic carbocycles. The largest absolute Gasteiger partial charge is 0.497 e. The molecule has 1 heterocycles. The average molecular weight is 358 g/mol. The van der Waals surface area contributed by atoms with Crippen molar-refractivity contribution in [2.75, 3.05) is 7.11 Å². The summed E-state index contributed by atoms with van der Waals surface area (Å²) >= 11 is 0. The summed E-state index contributed by atoms with van der Waals surface area (Å²) in [6.07, 6.45) is 0. The Morgan fingerprint density at radius 2 is 2.00 bits per heavy atom. The number of ether oxygens (including phenoxy) is 2. The minimum absolute atomic E-state index is 0.00408. The van der Waals surface area contributed by atoms with Gasteiger partial charge in [-0.2, -0.15) is 4.68 Å². The number of carbonyl (C=O) groups is 1. The topological polar surface area (TPSA) is 83.6 Å². The molecule has 134 valence electrons. The number of benzene rings is 2. The monoisotopic (exact) mass is 358 g/mol. The Hall–Kier alpha value is -3.42. The van der Waals surface area contributed by atoms with Crippen LogP contribution >= 0.6 is 0 Å². The highest BCUT2D eigenvalue weighted by atomic mass is 19.1. The van der Waals surface area contributed by atoms with Crippen molar-refractivity contribution < 1.29 is 23.1 Å². The molecule has 0 aliphatic heterocycles. The maximum absolute atomic E-state index is 12.9. The van der Waals surface area contributed by atoms with Gasteiger partial charge in [0.25, 0.3) is 0 Å². The second-order valence-corrected chi connectivity index (χ2v) is 5.35. The molecule has 0 atom stereocenters. The van der Waals surface area contributed by atoms with Crippen LogP contribution in [0.4, 0.5) is 4.39 Å². The van der Waals surface area contributed by atoms with Crippen LogP contribution in [0.1, 0.15) is 5.56 Å². The van der Waals surface area contributed by atoms with Gasteiger partial charge in [-0.3, -0.25) is 4.79 Å². The zero-order valence-electron chi connectivity index (χ0n) is 13.8. The molecular formula is C18H15FN2O5. The molecule has 3 rings (SSSR count). The van der Waals surface area contributed by atoms with E-state index in [4.69, 9.17) is 13.9 Å². The minimum Gasteiger partial charge on any atom is -0.497 e. The molecule has 0 amide bonds. The van der Waals surface area contributed by atoms with E-state index in [2.05, 4.69) is 5.10 Å². The molecule has 0 saturated carbocycles. The van der Waals surface area contributed by atoms with E-state index in [0.717, 1.165) is 10.2 Å². The smallest absolute Gasteiger partial charge is 0.437 e. The molecule has 3 aromatic rings.